The van der Waals surface area contributed by atoms with Crippen molar-refractivity contribution >= 4 is 51.4 Å². The molecule has 0 bridgehead atoms. The second-order valence-corrected chi connectivity index (χ2v) is 8.81. The van der Waals surface area contributed by atoms with Gasteiger partial charge in [0.15, 0.2) is 0 Å². The molecular weight excluding hydrogens is 454 g/mol. The van der Waals surface area contributed by atoms with Crippen LogP contribution >= 0.6 is 0 Å². The third-order valence-electron chi connectivity index (χ3n) is 5.76. The number of aryl methyl sites for hydroxylation is 1. The zero-order chi connectivity index (χ0) is 24.9. The third kappa shape index (κ3) is 6.13. The van der Waals surface area contributed by atoms with Crippen LogP contribution in [-0.2, 0) is 4.79 Å². The van der Waals surface area contributed by atoms with Gasteiger partial charge in [-0.25, -0.2) is 14.8 Å². The molecule has 9 nitrogen and oxygen atoms in total. The molecule has 5 N–H and O–H groups in total. The van der Waals surface area contributed by atoms with E-state index in [0.717, 1.165) is 40.7 Å². The molecule has 3 amide bonds. The molecule has 1 heterocycles. The Morgan fingerprint density at radius 3 is 2.14 bits per heavy atom. The van der Waals surface area contributed by atoms with E-state index in [0.29, 0.717) is 29.8 Å². The fourth-order valence-electron chi connectivity index (χ4n) is 3.67. The predicted molar refractivity (Wildman–Crippen MR) is 143 cm³/mol. The molecule has 4 aromatic rings. The largest absolute Gasteiger partial charge is 0.340 e. The highest BCUT2D eigenvalue weighted by atomic mass is 16.2. The Morgan fingerprint density at radius 2 is 1.44 bits per heavy atom. The van der Waals surface area contributed by atoms with Crippen molar-refractivity contribution in [1.82, 2.24) is 15.3 Å². The summed E-state index contributed by atoms with van der Waals surface area (Å²) in [7, 11) is 0. The lowest BCUT2D eigenvalue weighted by Crippen LogP contribution is -2.29. The Balaban J connectivity index is 1.23. The number of nitrogens with one attached hydrogen (secondary N) is 5. The average Bonchev–Trinajstić information content (AvgIpc) is 3.70. The number of carbonyl (C=O) groups is 2. The van der Waals surface area contributed by atoms with E-state index in [1.165, 1.54) is 6.33 Å². The number of anilines is 5. The molecule has 0 atom stereocenters. The van der Waals surface area contributed by atoms with E-state index in [4.69, 9.17) is 0 Å². The quantitative estimate of drug-likeness (QED) is 0.241. The summed E-state index contributed by atoms with van der Waals surface area (Å²) in [5.74, 6) is 0.534. The molecule has 1 aliphatic carbocycles. The minimum Gasteiger partial charge on any atom is -0.340 e. The molecule has 1 aromatic heterocycles. The van der Waals surface area contributed by atoms with Crippen LogP contribution < -0.4 is 26.6 Å². The number of rotatable bonds is 8. The lowest BCUT2D eigenvalue weighted by atomic mass is 10.2. The first kappa shape index (κ1) is 23.3. The van der Waals surface area contributed by atoms with E-state index >= 15 is 0 Å². The SMILES string of the molecule is Cc1ccc(NC(=O)Nc2ccc(Nc3ncnc4ccc(NC(=O)CNC5CC5)cc34)cc2)cc1. The van der Waals surface area contributed by atoms with Gasteiger partial charge in [-0.05, 0) is 74.4 Å². The molecule has 9 heteroatoms. The average molecular weight is 482 g/mol. The van der Waals surface area contributed by atoms with Crippen LogP contribution in [0.4, 0.5) is 33.4 Å². The highest BCUT2D eigenvalue weighted by Crippen LogP contribution is 2.26. The van der Waals surface area contributed by atoms with Crippen LogP contribution in [0.3, 0.4) is 0 Å². The van der Waals surface area contributed by atoms with E-state index in [-0.39, 0.29) is 11.9 Å². The fraction of sp³-hybridized carbons (Fsp3) is 0.185. The highest BCUT2D eigenvalue weighted by molar-refractivity contribution is 6.00. The van der Waals surface area contributed by atoms with Crippen molar-refractivity contribution in [3.8, 4) is 0 Å². The monoisotopic (exact) mass is 481 g/mol. The number of benzene rings is 3. The van der Waals surface area contributed by atoms with Crippen molar-refractivity contribution in [3.63, 3.8) is 0 Å². The van der Waals surface area contributed by atoms with Crippen LogP contribution in [0.2, 0.25) is 0 Å². The Hall–Kier alpha value is -4.50. The van der Waals surface area contributed by atoms with Gasteiger partial charge in [-0.1, -0.05) is 17.7 Å². The Labute approximate surface area is 208 Å². The summed E-state index contributed by atoms with van der Waals surface area (Å²) in [6, 6.07) is 20.6. The van der Waals surface area contributed by atoms with Crippen LogP contribution in [-0.4, -0.2) is 34.5 Å². The normalized spacial score (nSPS) is 12.7. The second-order valence-electron chi connectivity index (χ2n) is 8.81. The van der Waals surface area contributed by atoms with Gasteiger partial charge in [0, 0.05) is 34.2 Å². The second kappa shape index (κ2) is 10.4. The molecule has 0 aliphatic heterocycles. The van der Waals surface area contributed by atoms with E-state index in [1.807, 2.05) is 61.5 Å². The first-order valence-corrected chi connectivity index (χ1v) is 11.8. The topological polar surface area (TPSA) is 120 Å². The molecular formula is C27H27N7O2. The molecule has 0 spiro atoms. The maximum Gasteiger partial charge on any atom is 0.323 e. The number of fused-ring (bicyclic) bond motifs is 1. The molecule has 3 aromatic carbocycles. The Kier molecular flexibility index (Phi) is 6.72. The number of hydrogen-bond acceptors (Lipinski definition) is 6. The number of hydrogen-bond donors (Lipinski definition) is 5. The van der Waals surface area contributed by atoms with Gasteiger partial charge in [0.2, 0.25) is 5.91 Å². The van der Waals surface area contributed by atoms with E-state index in [9.17, 15) is 9.59 Å². The minimum atomic E-state index is -0.316. The van der Waals surface area contributed by atoms with Gasteiger partial charge in [-0.3, -0.25) is 4.79 Å². The number of amides is 3. The first-order valence-electron chi connectivity index (χ1n) is 11.8. The molecule has 1 saturated carbocycles. The molecule has 36 heavy (non-hydrogen) atoms. The molecule has 0 unspecified atom stereocenters. The zero-order valence-corrected chi connectivity index (χ0v) is 19.8. The summed E-state index contributed by atoms with van der Waals surface area (Å²) in [4.78, 5) is 33.2. The summed E-state index contributed by atoms with van der Waals surface area (Å²) in [6.07, 6.45) is 3.76. The van der Waals surface area contributed by atoms with Crippen molar-refractivity contribution < 1.29 is 9.59 Å². The summed E-state index contributed by atoms with van der Waals surface area (Å²) in [6.45, 7) is 2.29. The van der Waals surface area contributed by atoms with E-state index in [2.05, 4.69) is 36.6 Å². The Bertz CT molecular complexity index is 1380. The third-order valence-corrected chi connectivity index (χ3v) is 5.76. The van der Waals surface area contributed by atoms with Crippen molar-refractivity contribution in [2.75, 3.05) is 27.8 Å². The van der Waals surface area contributed by atoms with Gasteiger partial charge in [0.1, 0.15) is 12.1 Å². The fourth-order valence-corrected chi connectivity index (χ4v) is 3.67. The van der Waals surface area contributed by atoms with Crippen LogP contribution in [0.5, 0.6) is 0 Å². The van der Waals surface area contributed by atoms with Crippen LogP contribution in [0.15, 0.2) is 73.1 Å². The maximum absolute atomic E-state index is 12.3. The van der Waals surface area contributed by atoms with Crippen LogP contribution in [0, 0.1) is 6.92 Å². The number of urea groups is 1. The standard InChI is InChI=1S/C27H27N7O2/c1-17-2-4-20(5-3-17)33-27(36)34-21-10-8-19(9-11-21)32-26-23-14-22(12-13-24(23)29-16-30-26)31-25(35)15-28-18-6-7-18/h2-5,8-14,16,18,28H,6-7,15H2,1H3,(H,31,35)(H,29,30,32)(H2,33,34,36). The van der Waals surface area contributed by atoms with Crippen LogP contribution in [0.1, 0.15) is 18.4 Å². The first-order chi connectivity index (χ1) is 17.5. The minimum absolute atomic E-state index is 0.0814. The lowest BCUT2D eigenvalue weighted by molar-refractivity contribution is -0.115. The molecule has 0 saturated heterocycles. The van der Waals surface area contributed by atoms with Crippen LogP contribution in [0.25, 0.3) is 10.9 Å². The molecule has 5 rings (SSSR count). The number of carbonyl (C=O) groups excluding carboxylic acids is 2. The summed E-state index contributed by atoms with van der Waals surface area (Å²) < 4.78 is 0. The molecule has 182 valence electrons. The van der Waals surface area contributed by atoms with Gasteiger partial charge >= 0.3 is 6.03 Å². The highest BCUT2D eigenvalue weighted by Gasteiger charge is 2.21. The maximum atomic E-state index is 12.3. The molecule has 0 radical (unpaired) electrons. The van der Waals surface area contributed by atoms with Gasteiger partial charge in [0.05, 0.1) is 12.1 Å². The smallest absolute Gasteiger partial charge is 0.323 e. The van der Waals surface area contributed by atoms with Gasteiger partial charge in [-0.15, -0.1) is 0 Å². The number of aromatic nitrogens is 2. The lowest BCUT2D eigenvalue weighted by Gasteiger charge is -2.12. The molecule has 1 fully saturated rings. The van der Waals surface area contributed by atoms with Crippen molar-refractivity contribution in [1.29, 1.82) is 0 Å². The van der Waals surface area contributed by atoms with E-state index < -0.39 is 0 Å². The van der Waals surface area contributed by atoms with Gasteiger partial charge in [0.25, 0.3) is 0 Å². The van der Waals surface area contributed by atoms with E-state index in [1.54, 1.807) is 12.1 Å². The summed E-state index contributed by atoms with van der Waals surface area (Å²) in [5, 5.41) is 15.8. The van der Waals surface area contributed by atoms with Crippen molar-refractivity contribution in [2.24, 2.45) is 0 Å². The predicted octanol–water partition coefficient (Wildman–Crippen LogP) is 5.02. The number of nitrogens with zero attached hydrogens (tertiary/aromatic N) is 2. The Morgan fingerprint density at radius 1 is 0.806 bits per heavy atom. The molecule has 1 aliphatic rings. The summed E-state index contributed by atoms with van der Waals surface area (Å²) in [5.41, 5.74) is 4.74. The van der Waals surface area contributed by atoms with Crippen molar-refractivity contribution in [3.05, 3.63) is 78.6 Å². The van der Waals surface area contributed by atoms with Gasteiger partial charge in [-0.2, -0.15) is 0 Å². The van der Waals surface area contributed by atoms with Gasteiger partial charge < -0.3 is 26.6 Å². The van der Waals surface area contributed by atoms with Crippen molar-refractivity contribution in [2.45, 2.75) is 25.8 Å². The summed E-state index contributed by atoms with van der Waals surface area (Å²) >= 11 is 0. The zero-order valence-electron chi connectivity index (χ0n) is 19.8.